The quantitative estimate of drug-likeness (QED) is 0.355. The first-order chi connectivity index (χ1) is 13.9. The molecule has 0 aliphatic heterocycles. The number of nitro benzene ring substituents is 1. The summed E-state index contributed by atoms with van der Waals surface area (Å²) in [5.74, 6) is -1.09. The fourth-order valence-corrected chi connectivity index (χ4v) is 2.79. The maximum absolute atomic E-state index is 12.4. The van der Waals surface area contributed by atoms with Crippen molar-refractivity contribution in [3.05, 3.63) is 105 Å². The first-order valence-corrected chi connectivity index (χ1v) is 8.88. The minimum atomic E-state index is -0.599. The van der Waals surface area contributed by atoms with Crippen LogP contribution in [0.1, 0.15) is 26.3 Å². The average Bonchev–Trinajstić information content (AvgIpc) is 2.72. The molecule has 0 spiro atoms. The molecule has 0 fully saturated rings. The van der Waals surface area contributed by atoms with Gasteiger partial charge in [-0.2, -0.15) is 0 Å². The van der Waals surface area contributed by atoms with Gasteiger partial charge >= 0.3 is 5.97 Å². The van der Waals surface area contributed by atoms with Gasteiger partial charge in [0.25, 0.3) is 11.6 Å². The molecule has 1 N–H and O–H groups in total. The van der Waals surface area contributed by atoms with Crippen LogP contribution in [0, 0.1) is 10.1 Å². The lowest BCUT2D eigenvalue weighted by atomic mass is 10.1. The summed E-state index contributed by atoms with van der Waals surface area (Å²) in [5, 5.41) is 13.3. The van der Waals surface area contributed by atoms with Crippen LogP contribution in [0.2, 0.25) is 5.02 Å². The van der Waals surface area contributed by atoms with Crippen LogP contribution < -0.4 is 5.32 Å². The third-order valence-electron chi connectivity index (χ3n) is 3.98. The Balaban J connectivity index is 1.68. The number of esters is 1. The molecular weight excluding hydrogens is 396 g/mol. The molecule has 0 atom stereocenters. The summed E-state index contributed by atoms with van der Waals surface area (Å²) in [7, 11) is 0. The molecule has 3 aromatic carbocycles. The van der Waals surface area contributed by atoms with Crippen LogP contribution in [0.15, 0.2) is 72.8 Å². The molecule has 0 saturated heterocycles. The summed E-state index contributed by atoms with van der Waals surface area (Å²) >= 11 is 5.98. The van der Waals surface area contributed by atoms with Crippen LogP contribution in [0.3, 0.4) is 0 Å². The number of amides is 1. The Labute approximate surface area is 171 Å². The van der Waals surface area contributed by atoms with Crippen molar-refractivity contribution >= 4 is 34.9 Å². The molecule has 7 nitrogen and oxygen atoms in total. The van der Waals surface area contributed by atoms with Crippen molar-refractivity contribution in [2.45, 2.75) is 6.61 Å². The lowest BCUT2D eigenvalue weighted by Crippen LogP contribution is -2.13. The monoisotopic (exact) mass is 410 g/mol. The lowest BCUT2D eigenvalue weighted by molar-refractivity contribution is -0.384. The Bertz CT molecular complexity index is 1070. The van der Waals surface area contributed by atoms with Crippen molar-refractivity contribution < 1.29 is 19.2 Å². The third-order valence-corrected chi connectivity index (χ3v) is 4.29. The summed E-state index contributed by atoms with van der Waals surface area (Å²) in [6, 6.07) is 19.1. The molecule has 0 unspecified atom stereocenters. The molecule has 146 valence electrons. The molecule has 0 radical (unpaired) electrons. The lowest BCUT2D eigenvalue weighted by Gasteiger charge is -2.09. The number of ether oxygens (including phenoxy) is 1. The summed E-state index contributed by atoms with van der Waals surface area (Å²) in [5.41, 5.74) is 1.36. The van der Waals surface area contributed by atoms with Crippen LogP contribution in [-0.4, -0.2) is 16.8 Å². The Kier molecular flexibility index (Phi) is 6.21. The Hall–Kier alpha value is -3.71. The minimum absolute atomic E-state index is 0.0462. The second-order valence-corrected chi connectivity index (χ2v) is 6.43. The van der Waals surface area contributed by atoms with Gasteiger partial charge < -0.3 is 10.1 Å². The highest BCUT2D eigenvalue weighted by Crippen LogP contribution is 2.23. The second-order valence-electron chi connectivity index (χ2n) is 6.02. The first-order valence-electron chi connectivity index (χ1n) is 8.50. The summed E-state index contributed by atoms with van der Waals surface area (Å²) in [6.45, 7) is 0.134. The molecule has 8 heteroatoms. The molecule has 1 amide bonds. The Morgan fingerprint density at radius 2 is 1.76 bits per heavy atom. The van der Waals surface area contributed by atoms with E-state index in [0.29, 0.717) is 5.69 Å². The van der Waals surface area contributed by atoms with E-state index in [2.05, 4.69) is 5.32 Å². The van der Waals surface area contributed by atoms with E-state index in [-0.39, 0.29) is 28.4 Å². The zero-order valence-corrected chi connectivity index (χ0v) is 15.8. The molecule has 0 bridgehead atoms. The molecular formula is C21H15ClN2O5. The van der Waals surface area contributed by atoms with E-state index in [4.69, 9.17) is 16.3 Å². The highest BCUT2D eigenvalue weighted by Gasteiger charge is 2.16. The number of carbonyl (C=O) groups is 2. The smallest absolute Gasteiger partial charge is 0.338 e. The fraction of sp³-hybridized carbons (Fsp3) is 0.0476. The maximum atomic E-state index is 12.4. The van der Waals surface area contributed by atoms with Crippen molar-refractivity contribution in [3.63, 3.8) is 0 Å². The fourth-order valence-electron chi connectivity index (χ4n) is 2.53. The van der Waals surface area contributed by atoms with Gasteiger partial charge in [0.05, 0.1) is 21.1 Å². The van der Waals surface area contributed by atoms with Crippen molar-refractivity contribution in [2.75, 3.05) is 5.32 Å². The van der Waals surface area contributed by atoms with Crippen molar-refractivity contribution in [1.29, 1.82) is 0 Å². The van der Waals surface area contributed by atoms with Crippen LogP contribution >= 0.6 is 11.6 Å². The van der Waals surface area contributed by atoms with Crippen LogP contribution in [0.25, 0.3) is 0 Å². The Morgan fingerprint density at radius 1 is 1.00 bits per heavy atom. The third kappa shape index (κ3) is 5.18. The number of non-ortho nitro benzene ring substituents is 1. The number of nitrogens with one attached hydrogen (secondary N) is 1. The minimum Gasteiger partial charge on any atom is -0.457 e. The summed E-state index contributed by atoms with van der Waals surface area (Å²) in [6.07, 6.45) is 0. The molecule has 0 saturated carbocycles. The zero-order chi connectivity index (χ0) is 20.8. The van der Waals surface area contributed by atoms with Gasteiger partial charge in [-0.25, -0.2) is 4.79 Å². The molecule has 0 aliphatic carbocycles. The number of nitrogens with zero attached hydrogens (tertiary/aromatic N) is 1. The van der Waals surface area contributed by atoms with E-state index in [1.54, 1.807) is 18.2 Å². The van der Waals surface area contributed by atoms with Crippen LogP contribution in [0.5, 0.6) is 0 Å². The Morgan fingerprint density at radius 3 is 2.45 bits per heavy atom. The van der Waals surface area contributed by atoms with E-state index in [0.717, 1.165) is 11.6 Å². The molecule has 0 aliphatic rings. The zero-order valence-electron chi connectivity index (χ0n) is 15.0. The van der Waals surface area contributed by atoms with E-state index in [9.17, 15) is 19.7 Å². The largest absolute Gasteiger partial charge is 0.457 e. The maximum Gasteiger partial charge on any atom is 0.338 e. The van der Waals surface area contributed by atoms with Gasteiger partial charge in [-0.3, -0.25) is 14.9 Å². The number of carbonyl (C=O) groups excluding carboxylic acids is 2. The van der Waals surface area contributed by atoms with E-state index in [1.807, 2.05) is 30.3 Å². The summed E-state index contributed by atoms with van der Waals surface area (Å²) < 4.78 is 5.28. The van der Waals surface area contributed by atoms with E-state index >= 15 is 0 Å². The van der Waals surface area contributed by atoms with Gasteiger partial charge in [-0.05, 0) is 29.8 Å². The molecule has 3 aromatic rings. The standard InChI is InChI=1S/C21H15ClN2O5/c22-19-12-17(24(27)28)9-10-18(19)20(25)23-16-8-4-7-15(11-16)21(26)29-13-14-5-2-1-3-6-14/h1-12H,13H2,(H,23,25). The first kappa shape index (κ1) is 20.0. The summed E-state index contributed by atoms with van der Waals surface area (Å²) in [4.78, 5) is 34.9. The van der Waals surface area contributed by atoms with Gasteiger partial charge in [0.2, 0.25) is 0 Å². The highest BCUT2D eigenvalue weighted by atomic mass is 35.5. The highest BCUT2D eigenvalue weighted by molar-refractivity contribution is 6.34. The van der Waals surface area contributed by atoms with Crippen molar-refractivity contribution in [3.8, 4) is 0 Å². The van der Waals surface area contributed by atoms with Gasteiger partial charge in [0.15, 0.2) is 0 Å². The van der Waals surface area contributed by atoms with Crippen molar-refractivity contribution in [2.24, 2.45) is 0 Å². The molecule has 3 rings (SSSR count). The molecule has 29 heavy (non-hydrogen) atoms. The number of hydrogen-bond donors (Lipinski definition) is 1. The van der Waals surface area contributed by atoms with Gasteiger partial charge in [-0.15, -0.1) is 0 Å². The number of nitro groups is 1. The number of hydrogen-bond acceptors (Lipinski definition) is 5. The number of rotatable bonds is 6. The number of halogens is 1. The van der Waals surface area contributed by atoms with Gasteiger partial charge in [0.1, 0.15) is 6.61 Å². The van der Waals surface area contributed by atoms with E-state index < -0.39 is 16.8 Å². The van der Waals surface area contributed by atoms with Crippen LogP contribution in [-0.2, 0) is 11.3 Å². The van der Waals surface area contributed by atoms with Gasteiger partial charge in [0, 0.05) is 17.8 Å². The normalized spacial score (nSPS) is 10.2. The molecule has 0 aromatic heterocycles. The van der Waals surface area contributed by atoms with E-state index in [1.165, 1.54) is 18.2 Å². The SMILES string of the molecule is O=C(OCc1ccccc1)c1cccc(NC(=O)c2ccc([N+](=O)[O-])cc2Cl)c1. The predicted octanol–water partition coefficient (Wildman–Crippen LogP) is 4.86. The average molecular weight is 411 g/mol. The second kappa shape index (κ2) is 8.99. The topological polar surface area (TPSA) is 98.5 Å². The number of anilines is 1. The van der Waals surface area contributed by atoms with Crippen molar-refractivity contribution in [1.82, 2.24) is 0 Å². The predicted molar refractivity (Wildman–Crippen MR) is 108 cm³/mol. The molecule has 0 heterocycles. The van der Waals surface area contributed by atoms with Crippen LogP contribution in [0.4, 0.5) is 11.4 Å². The van der Waals surface area contributed by atoms with Gasteiger partial charge in [-0.1, -0.05) is 48.0 Å². The number of benzene rings is 3.